The average Bonchev–Trinajstić information content (AvgIpc) is 3.54. The Morgan fingerprint density at radius 1 is 0.975 bits per heavy atom. The van der Waals surface area contributed by atoms with Crippen molar-refractivity contribution in [1.82, 2.24) is 4.90 Å². The number of ether oxygens (including phenoxy) is 2. The van der Waals surface area contributed by atoms with Crippen molar-refractivity contribution in [2.24, 2.45) is 5.92 Å². The molecule has 3 aromatic carbocycles. The molecule has 3 aromatic rings. The Kier molecular flexibility index (Phi) is 9.45. The van der Waals surface area contributed by atoms with Crippen LogP contribution in [0.2, 0.25) is 0 Å². The number of rotatable bonds is 10. The molecule has 0 aromatic heterocycles. The first kappa shape index (κ1) is 28.2. The number of hydrogen-bond acceptors (Lipinski definition) is 5. The smallest absolute Gasteiger partial charge is 0.255 e. The van der Waals surface area contributed by atoms with Gasteiger partial charge in [-0.05, 0) is 48.2 Å². The van der Waals surface area contributed by atoms with E-state index in [0.717, 1.165) is 29.8 Å². The maximum absolute atomic E-state index is 12.6. The van der Waals surface area contributed by atoms with Gasteiger partial charge in [0.1, 0.15) is 0 Å². The van der Waals surface area contributed by atoms with Crippen LogP contribution in [0.1, 0.15) is 72.0 Å². The number of carbonyl (C=O) groups is 1. The predicted octanol–water partition coefficient (Wildman–Crippen LogP) is 6.65. The third kappa shape index (κ3) is 6.70. The standard InChI is InChI=1S/C34H40N2O4/c1-3-21-36(30-11-7-8-12-30)22-31-24(2)32(26-15-13-25(23-37)14-16-26)40-34(39-31)28-17-19-29(20-18-28)35-33(38)27-9-5-4-6-10-27/h3-6,9-10,13-20,24,30-32,34,37H,1,7-8,11-12,21-23H2,2H3,(H,35,38)/t24-,31+,32+,34+/m1/s1. The van der Waals surface area contributed by atoms with E-state index >= 15 is 0 Å². The number of amides is 1. The van der Waals surface area contributed by atoms with Crippen molar-refractivity contribution >= 4 is 11.6 Å². The van der Waals surface area contributed by atoms with Crippen LogP contribution < -0.4 is 5.32 Å². The zero-order valence-electron chi connectivity index (χ0n) is 23.2. The first-order valence-corrected chi connectivity index (χ1v) is 14.4. The molecule has 0 unspecified atom stereocenters. The molecular formula is C34H40N2O4. The number of aliphatic hydroxyl groups excluding tert-OH is 1. The van der Waals surface area contributed by atoms with Crippen LogP contribution in [0.3, 0.4) is 0 Å². The first-order chi connectivity index (χ1) is 19.6. The summed E-state index contributed by atoms with van der Waals surface area (Å²) in [5.41, 5.74) is 4.19. The fraction of sp³-hybridized carbons (Fsp3) is 0.382. The van der Waals surface area contributed by atoms with Gasteiger partial charge in [-0.15, -0.1) is 6.58 Å². The molecular weight excluding hydrogens is 500 g/mol. The molecule has 0 bridgehead atoms. The van der Waals surface area contributed by atoms with Gasteiger partial charge < -0.3 is 19.9 Å². The van der Waals surface area contributed by atoms with E-state index < -0.39 is 6.29 Å². The quantitative estimate of drug-likeness (QED) is 0.282. The third-order valence-corrected chi connectivity index (χ3v) is 8.22. The van der Waals surface area contributed by atoms with Gasteiger partial charge in [0.2, 0.25) is 0 Å². The second kappa shape index (κ2) is 13.4. The number of nitrogens with zero attached hydrogens (tertiary/aromatic N) is 1. The molecule has 1 amide bonds. The number of hydrogen-bond donors (Lipinski definition) is 2. The Bertz CT molecular complexity index is 1240. The van der Waals surface area contributed by atoms with Crippen LogP contribution in [0, 0.1) is 5.92 Å². The van der Waals surface area contributed by atoms with Gasteiger partial charge in [-0.1, -0.05) is 80.4 Å². The summed E-state index contributed by atoms with van der Waals surface area (Å²) in [5, 5.41) is 12.5. The molecule has 0 spiro atoms. The molecule has 1 saturated carbocycles. The van der Waals surface area contributed by atoms with Crippen LogP contribution in [0.25, 0.3) is 0 Å². The summed E-state index contributed by atoms with van der Waals surface area (Å²) in [6.45, 7) is 7.89. The Morgan fingerprint density at radius 3 is 2.30 bits per heavy atom. The molecule has 6 heteroatoms. The summed E-state index contributed by atoms with van der Waals surface area (Å²) >= 11 is 0. The van der Waals surface area contributed by atoms with Crippen LogP contribution in [0.15, 0.2) is 91.5 Å². The predicted molar refractivity (Wildman–Crippen MR) is 158 cm³/mol. The molecule has 1 heterocycles. The summed E-state index contributed by atoms with van der Waals surface area (Å²) in [6, 6.07) is 25.5. The topological polar surface area (TPSA) is 71.0 Å². The van der Waals surface area contributed by atoms with Gasteiger partial charge in [0.15, 0.2) is 6.29 Å². The molecule has 1 aliphatic carbocycles. The molecule has 0 radical (unpaired) electrons. The van der Waals surface area contributed by atoms with Gasteiger partial charge in [0.05, 0.1) is 18.8 Å². The Labute approximate surface area is 237 Å². The minimum Gasteiger partial charge on any atom is -0.392 e. The number of carbonyl (C=O) groups excluding carboxylic acids is 1. The molecule has 6 nitrogen and oxygen atoms in total. The summed E-state index contributed by atoms with van der Waals surface area (Å²) in [6.07, 6.45) is 6.23. The van der Waals surface area contributed by atoms with Crippen LogP contribution in [-0.2, 0) is 16.1 Å². The summed E-state index contributed by atoms with van der Waals surface area (Å²) in [7, 11) is 0. The molecule has 2 N–H and O–H groups in total. The zero-order chi connectivity index (χ0) is 27.9. The number of anilines is 1. The van der Waals surface area contributed by atoms with Crippen molar-refractivity contribution < 1.29 is 19.4 Å². The lowest BCUT2D eigenvalue weighted by molar-refractivity contribution is -0.276. The highest BCUT2D eigenvalue weighted by atomic mass is 16.7. The largest absolute Gasteiger partial charge is 0.392 e. The van der Waals surface area contributed by atoms with Crippen molar-refractivity contribution in [1.29, 1.82) is 0 Å². The minimum absolute atomic E-state index is 0.0147. The molecule has 210 valence electrons. The first-order valence-electron chi connectivity index (χ1n) is 14.4. The Morgan fingerprint density at radius 2 is 1.65 bits per heavy atom. The van der Waals surface area contributed by atoms with E-state index in [4.69, 9.17) is 9.47 Å². The maximum Gasteiger partial charge on any atom is 0.255 e. The number of nitrogens with one attached hydrogen (secondary N) is 1. The number of aliphatic hydroxyl groups is 1. The van der Waals surface area contributed by atoms with E-state index in [0.29, 0.717) is 17.3 Å². The van der Waals surface area contributed by atoms with E-state index in [1.165, 1.54) is 25.7 Å². The van der Waals surface area contributed by atoms with Gasteiger partial charge in [0.25, 0.3) is 5.91 Å². The highest BCUT2D eigenvalue weighted by molar-refractivity contribution is 6.04. The highest BCUT2D eigenvalue weighted by Gasteiger charge is 2.40. The minimum atomic E-state index is -0.545. The second-order valence-corrected chi connectivity index (χ2v) is 10.9. The van der Waals surface area contributed by atoms with Gasteiger partial charge in [0, 0.05) is 41.9 Å². The van der Waals surface area contributed by atoms with E-state index in [-0.39, 0.29) is 30.6 Å². The lowest BCUT2D eigenvalue weighted by atomic mass is 9.89. The van der Waals surface area contributed by atoms with Gasteiger partial charge in [-0.3, -0.25) is 9.69 Å². The summed E-state index contributed by atoms with van der Waals surface area (Å²) in [5.74, 6) is -0.0256. The van der Waals surface area contributed by atoms with E-state index in [1.54, 1.807) is 12.1 Å². The van der Waals surface area contributed by atoms with Crippen molar-refractivity contribution in [3.8, 4) is 0 Å². The monoisotopic (exact) mass is 540 g/mol. The molecule has 1 saturated heterocycles. The SMILES string of the molecule is C=CCN(C[C@@H]1O[C@H](c2ccc(NC(=O)c3ccccc3)cc2)O[C@H](c2ccc(CO)cc2)[C@@H]1C)C1CCCC1. The van der Waals surface area contributed by atoms with Gasteiger partial charge >= 0.3 is 0 Å². The third-order valence-electron chi connectivity index (χ3n) is 8.22. The van der Waals surface area contributed by atoms with Crippen molar-refractivity contribution in [2.45, 2.75) is 63.8 Å². The maximum atomic E-state index is 12.6. The second-order valence-electron chi connectivity index (χ2n) is 10.9. The average molecular weight is 541 g/mol. The fourth-order valence-corrected chi connectivity index (χ4v) is 5.88. The molecule has 5 rings (SSSR count). The van der Waals surface area contributed by atoms with Crippen molar-refractivity contribution in [3.05, 3.63) is 114 Å². The Balaban J connectivity index is 1.36. The molecule has 4 atom stereocenters. The zero-order valence-corrected chi connectivity index (χ0v) is 23.2. The van der Waals surface area contributed by atoms with E-state index in [9.17, 15) is 9.90 Å². The van der Waals surface area contributed by atoms with Crippen molar-refractivity contribution in [3.63, 3.8) is 0 Å². The molecule has 2 aliphatic rings. The fourth-order valence-electron chi connectivity index (χ4n) is 5.88. The summed E-state index contributed by atoms with van der Waals surface area (Å²) in [4.78, 5) is 15.1. The molecule has 1 aliphatic heterocycles. The number of benzene rings is 3. The van der Waals surface area contributed by atoms with Crippen LogP contribution in [0.5, 0.6) is 0 Å². The van der Waals surface area contributed by atoms with E-state index in [2.05, 4.69) is 23.7 Å². The normalized spacial score (nSPS) is 23.3. The summed E-state index contributed by atoms with van der Waals surface area (Å²) < 4.78 is 13.3. The van der Waals surface area contributed by atoms with Crippen LogP contribution in [-0.4, -0.2) is 41.1 Å². The van der Waals surface area contributed by atoms with Crippen LogP contribution in [0.4, 0.5) is 5.69 Å². The highest BCUT2D eigenvalue weighted by Crippen LogP contribution is 2.42. The Hall–Kier alpha value is -3.29. The lowest BCUT2D eigenvalue weighted by Crippen LogP contribution is -2.47. The molecule has 40 heavy (non-hydrogen) atoms. The van der Waals surface area contributed by atoms with E-state index in [1.807, 2.05) is 72.8 Å². The lowest BCUT2D eigenvalue weighted by Gasteiger charge is -2.43. The van der Waals surface area contributed by atoms with Gasteiger partial charge in [-0.2, -0.15) is 0 Å². The van der Waals surface area contributed by atoms with Crippen LogP contribution >= 0.6 is 0 Å². The van der Waals surface area contributed by atoms with Gasteiger partial charge in [-0.25, -0.2) is 0 Å². The molecule has 2 fully saturated rings. The van der Waals surface area contributed by atoms with Crippen molar-refractivity contribution in [2.75, 3.05) is 18.4 Å².